The van der Waals surface area contributed by atoms with Gasteiger partial charge in [0, 0.05) is 6.54 Å². The van der Waals surface area contributed by atoms with E-state index < -0.39 is 6.03 Å². The average molecular weight is 394 g/mol. The summed E-state index contributed by atoms with van der Waals surface area (Å²) in [5.74, 6) is -0.297. The maximum atomic E-state index is 12.0. The number of carbonyl (C=O) groups is 2. The van der Waals surface area contributed by atoms with Crippen molar-refractivity contribution in [3.05, 3.63) is 69.2 Å². The molecule has 0 radical (unpaired) electrons. The van der Waals surface area contributed by atoms with E-state index in [9.17, 15) is 9.59 Å². The van der Waals surface area contributed by atoms with Crippen LogP contribution in [0.3, 0.4) is 0 Å². The monoisotopic (exact) mass is 393 g/mol. The Morgan fingerprint density at radius 1 is 1.00 bits per heavy atom. The van der Waals surface area contributed by atoms with Crippen LogP contribution in [0.15, 0.2) is 42.5 Å². The minimum Gasteiger partial charge on any atom is -0.348 e. The Hall–Kier alpha value is -2.24. The highest BCUT2D eigenvalue weighted by Gasteiger charge is 2.12. The lowest BCUT2D eigenvalue weighted by atomic mass is 10.1. The zero-order valence-corrected chi connectivity index (χ0v) is 16.1. The largest absolute Gasteiger partial charge is 0.348 e. The van der Waals surface area contributed by atoms with Crippen LogP contribution in [0.4, 0.5) is 4.79 Å². The molecule has 0 bridgehead atoms. The number of hydrogen-bond acceptors (Lipinski definition) is 2. The van der Waals surface area contributed by atoms with Gasteiger partial charge >= 0.3 is 6.03 Å². The molecule has 0 heterocycles. The van der Waals surface area contributed by atoms with Crippen molar-refractivity contribution in [2.45, 2.75) is 26.4 Å². The van der Waals surface area contributed by atoms with Crippen molar-refractivity contribution in [3.63, 3.8) is 0 Å². The van der Waals surface area contributed by atoms with Crippen molar-refractivity contribution in [2.75, 3.05) is 6.54 Å². The van der Waals surface area contributed by atoms with E-state index in [0.717, 1.165) is 16.7 Å². The standard InChI is InChI=1S/C19H21Cl2N3O2/c1-12-3-5-14(6-4-12)10-22-19(26)23-11-18(25)24-13(2)15-7-8-16(20)17(21)9-15/h3-9,13H,10-11H2,1-2H3,(H,24,25)(H2,22,23,26)/t13-/m0/s1. The van der Waals surface area contributed by atoms with Gasteiger partial charge in [-0.2, -0.15) is 0 Å². The molecule has 0 unspecified atom stereocenters. The van der Waals surface area contributed by atoms with Gasteiger partial charge in [0.1, 0.15) is 0 Å². The van der Waals surface area contributed by atoms with Crippen molar-refractivity contribution >= 4 is 35.1 Å². The number of nitrogens with one attached hydrogen (secondary N) is 3. The lowest BCUT2D eigenvalue weighted by molar-refractivity contribution is -0.120. The number of halogens is 2. The van der Waals surface area contributed by atoms with Crippen LogP contribution in [0.2, 0.25) is 10.0 Å². The molecular formula is C19H21Cl2N3O2. The molecule has 0 aliphatic heterocycles. The van der Waals surface area contributed by atoms with E-state index in [1.807, 2.05) is 38.1 Å². The molecule has 0 saturated carbocycles. The van der Waals surface area contributed by atoms with Crippen LogP contribution >= 0.6 is 23.2 Å². The fourth-order valence-electron chi connectivity index (χ4n) is 2.27. The Morgan fingerprint density at radius 2 is 1.69 bits per heavy atom. The summed E-state index contributed by atoms with van der Waals surface area (Å²) in [4.78, 5) is 23.8. The van der Waals surface area contributed by atoms with Crippen LogP contribution in [0.5, 0.6) is 0 Å². The number of hydrogen-bond donors (Lipinski definition) is 3. The van der Waals surface area contributed by atoms with Gasteiger partial charge in [-0.3, -0.25) is 4.79 Å². The third-order valence-corrected chi connectivity index (χ3v) is 4.54. The lowest BCUT2D eigenvalue weighted by Gasteiger charge is -2.15. The SMILES string of the molecule is Cc1ccc(CNC(=O)NCC(=O)N[C@@H](C)c2ccc(Cl)c(Cl)c2)cc1. The van der Waals surface area contributed by atoms with Gasteiger partial charge in [-0.1, -0.05) is 59.1 Å². The third kappa shape index (κ3) is 6.24. The maximum absolute atomic E-state index is 12.0. The maximum Gasteiger partial charge on any atom is 0.315 e. The van der Waals surface area contributed by atoms with Gasteiger partial charge in [0.05, 0.1) is 22.6 Å². The molecule has 0 aliphatic carbocycles. The molecule has 0 aliphatic rings. The second kappa shape index (κ2) is 9.46. The Morgan fingerprint density at radius 3 is 2.35 bits per heavy atom. The number of urea groups is 1. The summed E-state index contributed by atoms with van der Waals surface area (Å²) in [6, 6.07) is 12.4. The quantitative estimate of drug-likeness (QED) is 0.694. The number of rotatable bonds is 6. The Balaban J connectivity index is 1.74. The zero-order valence-electron chi connectivity index (χ0n) is 14.6. The van der Waals surface area contributed by atoms with Crippen LogP contribution in [0.25, 0.3) is 0 Å². The Kier molecular flexibility index (Phi) is 7.30. The van der Waals surface area contributed by atoms with E-state index in [4.69, 9.17) is 23.2 Å². The molecule has 5 nitrogen and oxygen atoms in total. The van der Waals surface area contributed by atoms with Crippen molar-refractivity contribution < 1.29 is 9.59 Å². The van der Waals surface area contributed by atoms with Gasteiger partial charge in [0.15, 0.2) is 0 Å². The van der Waals surface area contributed by atoms with Crippen LogP contribution in [0, 0.1) is 6.92 Å². The molecule has 7 heteroatoms. The van der Waals surface area contributed by atoms with Crippen molar-refractivity contribution in [2.24, 2.45) is 0 Å². The van der Waals surface area contributed by atoms with E-state index in [0.29, 0.717) is 16.6 Å². The van der Waals surface area contributed by atoms with Crippen LogP contribution in [-0.2, 0) is 11.3 Å². The summed E-state index contributed by atoms with van der Waals surface area (Å²) in [6.45, 7) is 4.11. The van der Waals surface area contributed by atoms with Crippen LogP contribution < -0.4 is 16.0 Å². The highest BCUT2D eigenvalue weighted by atomic mass is 35.5. The second-order valence-electron chi connectivity index (χ2n) is 5.98. The fraction of sp³-hybridized carbons (Fsp3) is 0.263. The van der Waals surface area contributed by atoms with E-state index in [-0.39, 0.29) is 18.5 Å². The Labute approximate surface area is 163 Å². The molecule has 0 aromatic heterocycles. The molecular weight excluding hydrogens is 373 g/mol. The van der Waals surface area contributed by atoms with Gasteiger partial charge in [0.2, 0.25) is 5.91 Å². The molecule has 0 spiro atoms. The van der Waals surface area contributed by atoms with Crippen LogP contribution in [-0.4, -0.2) is 18.5 Å². The molecule has 26 heavy (non-hydrogen) atoms. The van der Waals surface area contributed by atoms with Crippen molar-refractivity contribution in [1.29, 1.82) is 0 Å². The summed E-state index contributed by atoms with van der Waals surface area (Å²) in [5.41, 5.74) is 2.98. The smallest absolute Gasteiger partial charge is 0.315 e. The summed E-state index contributed by atoms with van der Waals surface area (Å²) >= 11 is 11.9. The topological polar surface area (TPSA) is 70.2 Å². The first-order chi connectivity index (χ1) is 12.3. The van der Waals surface area contributed by atoms with Gasteiger partial charge < -0.3 is 16.0 Å². The summed E-state index contributed by atoms with van der Waals surface area (Å²) in [7, 11) is 0. The highest BCUT2D eigenvalue weighted by molar-refractivity contribution is 6.42. The molecule has 2 rings (SSSR count). The summed E-state index contributed by atoms with van der Waals surface area (Å²) in [5, 5.41) is 8.93. The molecule has 2 aromatic carbocycles. The van der Waals surface area contributed by atoms with Gasteiger partial charge in [-0.15, -0.1) is 0 Å². The van der Waals surface area contributed by atoms with E-state index in [1.165, 1.54) is 0 Å². The highest BCUT2D eigenvalue weighted by Crippen LogP contribution is 2.25. The first kappa shape index (κ1) is 20.1. The second-order valence-corrected chi connectivity index (χ2v) is 6.80. The molecule has 1 atom stereocenters. The third-order valence-electron chi connectivity index (χ3n) is 3.80. The predicted molar refractivity (Wildman–Crippen MR) is 104 cm³/mol. The lowest BCUT2D eigenvalue weighted by Crippen LogP contribution is -2.42. The molecule has 3 amide bonds. The number of aryl methyl sites for hydroxylation is 1. The first-order valence-electron chi connectivity index (χ1n) is 8.16. The van der Waals surface area contributed by atoms with E-state index in [1.54, 1.807) is 18.2 Å². The molecule has 0 fully saturated rings. The number of carbonyl (C=O) groups excluding carboxylic acids is 2. The average Bonchev–Trinajstić information content (AvgIpc) is 2.61. The molecule has 138 valence electrons. The molecule has 2 aromatic rings. The zero-order chi connectivity index (χ0) is 19.1. The minimum absolute atomic E-state index is 0.120. The number of benzene rings is 2. The van der Waals surface area contributed by atoms with Crippen LogP contribution in [0.1, 0.15) is 29.7 Å². The van der Waals surface area contributed by atoms with E-state index >= 15 is 0 Å². The van der Waals surface area contributed by atoms with Gasteiger partial charge in [-0.25, -0.2) is 4.79 Å². The first-order valence-corrected chi connectivity index (χ1v) is 8.92. The summed E-state index contributed by atoms with van der Waals surface area (Å²) < 4.78 is 0. The van der Waals surface area contributed by atoms with Crippen molar-refractivity contribution in [3.8, 4) is 0 Å². The minimum atomic E-state index is -0.400. The Bertz CT molecular complexity index is 779. The van der Waals surface area contributed by atoms with Gasteiger partial charge in [-0.05, 0) is 37.1 Å². The summed E-state index contributed by atoms with van der Waals surface area (Å²) in [6.07, 6.45) is 0. The van der Waals surface area contributed by atoms with Crippen molar-refractivity contribution in [1.82, 2.24) is 16.0 Å². The fourth-order valence-corrected chi connectivity index (χ4v) is 2.58. The van der Waals surface area contributed by atoms with Gasteiger partial charge in [0.25, 0.3) is 0 Å². The predicted octanol–water partition coefficient (Wildman–Crippen LogP) is 3.98. The normalized spacial score (nSPS) is 11.5. The number of amides is 3. The molecule has 3 N–H and O–H groups in total. The molecule has 0 saturated heterocycles. The van der Waals surface area contributed by atoms with E-state index in [2.05, 4.69) is 16.0 Å².